The predicted octanol–water partition coefficient (Wildman–Crippen LogP) is 23.8. The lowest BCUT2D eigenvalue weighted by Crippen LogP contribution is -2.30. The number of carbonyl (C=O) groups is 3. The van der Waals surface area contributed by atoms with E-state index >= 15 is 0 Å². The van der Waals surface area contributed by atoms with Gasteiger partial charge in [0.05, 0.1) is 0 Å². The van der Waals surface area contributed by atoms with Crippen LogP contribution < -0.4 is 0 Å². The summed E-state index contributed by atoms with van der Waals surface area (Å²) < 4.78 is 16.9. The second-order valence-corrected chi connectivity index (χ2v) is 23.1. The summed E-state index contributed by atoms with van der Waals surface area (Å²) in [5.74, 6) is -0.865. The summed E-state index contributed by atoms with van der Waals surface area (Å²) in [4.78, 5) is 38.2. The van der Waals surface area contributed by atoms with Crippen LogP contribution in [0.25, 0.3) is 0 Å². The largest absolute Gasteiger partial charge is 0.462 e. The first-order valence-electron chi connectivity index (χ1n) is 34.6. The van der Waals surface area contributed by atoms with E-state index in [1.165, 1.54) is 212 Å². The Kier molecular flexibility index (Phi) is 65.2. The monoisotopic (exact) mass is 1110 g/mol. The zero-order chi connectivity index (χ0) is 57.8. The van der Waals surface area contributed by atoms with Crippen molar-refractivity contribution in [2.75, 3.05) is 13.2 Å². The molecule has 80 heavy (non-hydrogen) atoms. The van der Waals surface area contributed by atoms with E-state index in [2.05, 4.69) is 106 Å². The van der Waals surface area contributed by atoms with Crippen molar-refractivity contribution >= 4 is 17.9 Å². The number of unbranched alkanes of at least 4 members (excludes halogenated alkanes) is 38. The second kappa shape index (κ2) is 68.1. The molecule has 0 saturated carbocycles. The molecule has 0 aliphatic carbocycles. The first kappa shape index (κ1) is 76.6. The van der Waals surface area contributed by atoms with Crippen molar-refractivity contribution in [3.05, 3.63) is 85.1 Å². The van der Waals surface area contributed by atoms with Crippen LogP contribution in [0.4, 0.5) is 0 Å². The highest BCUT2D eigenvalue weighted by atomic mass is 16.6. The van der Waals surface area contributed by atoms with Crippen molar-refractivity contribution in [3.63, 3.8) is 0 Å². The molecular weight excluding hydrogens is 985 g/mol. The molecular formula is C74H130O6. The van der Waals surface area contributed by atoms with Gasteiger partial charge in [-0.05, 0) is 96.3 Å². The quantitative estimate of drug-likeness (QED) is 0.0261. The van der Waals surface area contributed by atoms with Crippen molar-refractivity contribution in [2.24, 2.45) is 0 Å². The SMILES string of the molecule is CC/C=C\C/C=C\C/C=C\C/C=C\C/C=C\CCCCCCCCCCCCCCCCCCCC(=O)OCC(COC(=O)CCCCCCCCCC)OC(=O)CCCCCCCCCCC/C=C\C/C=C\CCCCCCC. The molecule has 0 spiro atoms. The second-order valence-electron chi connectivity index (χ2n) is 23.1. The molecule has 0 aromatic rings. The summed E-state index contributed by atoms with van der Waals surface area (Å²) in [6, 6.07) is 0. The number of esters is 3. The van der Waals surface area contributed by atoms with Gasteiger partial charge in [0.15, 0.2) is 6.10 Å². The fraction of sp³-hybridized carbons (Fsp3) is 0.770. The molecule has 1 atom stereocenters. The molecule has 6 heteroatoms. The summed E-state index contributed by atoms with van der Waals surface area (Å²) in [6.45, 7) is 6.52. The zero-order valence-corrected chi connectivity index (χ0v) is 53.1. The van der Waals surface area contributed by atoms with Gasteiger partial charge in [0, 0.05) is 19.3 Å². The van der Waals surface area contributed by atoms with E-state index in [-0.39, 0.29) is 31.1 Å². The topological polar surface area (TPSA) is 78.9 Å². The highest BCUT2D eigenvalue weighted by Gasteiger charge is 2.19. The summed E-state index contributed by atoms with van der Waals surface area (Å²) in [6.07, 6.45) is 90.6. The van der Waals surface area contributed by atoms with Crippen LogP contribution in [-0.4, -0.2) is 37.2 Å². The Balaban J connectivity index is 4.07. The van der Waals surface area contributed by atoms with Crippen LogP contribution in [-0.2, 0) is 28.6 Å². The molecule has 0 saturated heterocycles. The molecule has 0 aliphatic heterocycles. The van der Waals surface area contributed by atoms with Gasteiger partial charge in [-0.2, -0.15) is 0 Å². The molecule has 0 rings (SSSR count). The van der Waals surface area contributed by atoms with Crippen LogP contribution in [0.15, 0.2) is 85.1 Å². The summed E-state index contributed by atoms with van der Waals surface area (Å²) >= 11 is 0. The maximum atomic E-state index is 12.9. The van der Waals surface area contributed by atoms with Crippen molar-refractivity contribution in [1.82, 2.24) is 0 Å². The van der Waals surface area contributed by atoms with Crippen LogP contribution in [0, 0.1) is 0 Å². The Morgan fingerprint density at radius 1 is 0.263 bits per heavy atom. The zero-order valence-electron chi connectivity index (χ0n) is 53.1. The Morgan fingerprint density at radius 2 is 0.487 bits per heavy atom. The molecule has 6 nitrogen and oxygen atoms in total. The Labute approximate surface area is 496 Å². The maximum Gasteiger partial charge on any atom is 0.306 e. The van der Waals surface area contributed by atoms with Gasteiger partial charge in [0.25, 0.3) is 0 Å². The van der Waals surface area contributed by atoms with E-state index in [1.54, 1.807) is 0 Å². The lowest BCUT2D eigenvalue weighted by Gasteiger charge is -2.18. The Hall–Kier alpha value is -3.41. The van der Waals surface area contributed by atoms with Crippen LogP contribution >= 0.6 is 0 Å². The minimum Gasteiger partial charge on any atom is -0.462 e. The molecule has 0 radical (unpaired) electrons. The average Bonchev–Trinajstić information content (AvgIpc) is 3.46. The van der Waals surface area contributed by atoms with Gasteiger partial charge in [0.1, 0.15) is 13.2 Å². The fourth-order valence-electron chi connectivity index (χ4n) is 9.97. The maximum absolute atomic E-state index is 12.9. The molecule has 0 aromatic heterocycles. The lowest BCUT2D eigenvalue weighted by atomic mass is 10.0. The molecule has 0 amide bonds. The van der Waals surface area contributed by atoms with E-state index < -0.39 is 6.10 Å². The summed E-state index contributed by atoms with van der Waals surface area (Å²) in [7, 11) is 0. The molecule has 0 bridgehead atoms. The molecule has 462 valence electrons. The molecule has 0 heterocycles. The number of ether oxygens (including phenoxy) is 3. The van der Waals surface area contributed by atoms with Crippen molar-refractivity contribution in [1.29, 1.82) is 0 Å². The van der Waals surface area contributed by atoms with E-state index in [9.17, 15) is 14.4 Å². The Bertz CT molecular complexity index is 1520. The van der Waals surface area contributed by atoms with Crippen LogP contribution in [0.5, 0.6) is 0 Å². The summed E-state index contributed by atoms with van der Waals surface area (Å²) in [5.41, 5.74) is 0. The first-order valence-corrected chi connectivity index (χ1v) is 34.6. The smallest absolute Gasteiger partial charge is 0.306 e. The third kappa shape index (κ3) is 65.4. The number of carbonyl (C=O) groups excluding carboxylic acids is 3. The van der Waals surface area contributed by atoms with E-state index in [0.717, 1.165) is 96.3 Å². The van der Waals surface area contributed by atoms with Gasteiger partial charge in [0.2, 0.25) is 0 Å². The average molecular weight is 1120 g/mol. The van der Waals surface area contributed by atoms with Gasteiger partial charge in [-0.25, -0.2) is 0 Å². The minimum absolute atomic E-state index is 0.0733. The highest BCUT2D eigenvalue weighted by molar-refractivity contribution is 5.71. The molecule has 0 aromatic carbocycles. The predicted molar refractivity (Wildman–Crippen MR) is 348 cm³/mol. The molecule has 0 aliphatic rings. The third-order valence-electron chi connectivity index (χ3n) is 15.1. The standard InChI is InChI=1S/C74H130O6/c1-4-7-10-13-16-19-21-23-25-27-29-31-32-33-34-35-36-37-38-39-40-41-42-44-45-47-49-51-53-55-58-61-64-67-73(76)79-70-71(69-78-72(75)66-63-60-57-18-15-12-9-6-3)80-74(77)68-65-62-59-56-54-52-50-48-46-43-30-28-26-24-22-20-17-14-11-8-5-2/h7,10,16,19,22-25,28-31,33-34,71H,4-6,8-9,11-15,17-18,20-21,26-27,32,35-70H2,1-3H3/b10-7-,19-16-,24-22-,25-23-,30-28-,31-29-,34-33-. The fourth-order valence-corrected chi connectivity index (χ4v) is 9.97. The molecule has 1 unspecified atom stereocenters. The first-order chi connectivity index (χ1) is 39.5. The summed E-state index contributed by atoms with van der Waals surface area (Å²) in [5, 5.41) is 0. The Morgan fingerprint density at radius 3 is 0.762 bits per heavy atom. The van der Waals surface area contributed by atoms with E-state index in [4.69, 9.17) is 14.2 Å². The van der Waals surface area contributed by atoms with Gasteiger partial charge in [-0.1, -0.05) is 318 Å². The van der Waals surface area contributed by atoms with Gasteiger partial charge < -0.3 is 14.2 Å². The normalized spacial score (nSPS) is 12.6. The van der Waals surface area contributed by atoms with E-state index in [1.807, 2.05) is 0 Å². The van der Waals surface area contributed by atoms with Crippen LogP contribution in [0.1, 0.15) is 348 Å². The van der Waals surface area contributed by atoms with Crippen molar-refractivity contribution in [3.8, 4) is 0 Å². The number of rotatable bonds is 63. The molecule has 0 N–H and O–H groups in total. The van der Waals surface area contributed by atoms with E-state index in [0.29, 0.717) is 19.3 Å². The van der Waals surface area contributed by atoms with Crippen molar-refractivity contribution < 1.29 is 28.6 Å². The number of allylic oxidation sites excluding steroid dienone is 14. The molecule has 0 fully saturated rings. The van der Waals surface area contributed by atoms with Crippen LogP contribution in [0.3, 0.4) is 0 Å². The third-order valence-corrected chi connectivity index (χ3v) is 15.1. The minimum atomic E-state index is -0.775. The van der Waals surface area contributed by atoms with Crippen molar-refractivity contribution in [2.45, 2.75) is 354 Å². The number of hydrogen-bond acceptors (Lipinski definition) is 6. The number of hydrogen-bond donors (Lipinski definition) is 0. The van der Waals surface area contributed by atoms with Gasteiger partial charge >= 0.3 is 17.9 Å². The lowest BCUT2D eigenvalue weighted by molar-refractivity contribution is -0.167. The van der Waals surface area contributed by atoms with Crippen LogP contribution in [0.2, 0.25) is 0 Å². The van der Waals surface area contributed by atoms with Gasteiger partial charge in [-0.3, -0.25) is 14.4 Å². The highest BCUT2D eigenvalue weighted by Crippen LogP contribution is 2.17. The van der Waals surface area contributed by atoms with Gasteiger partial charge in [-0.15, -0.1) is 0 Å².